The van der Waals surface area contributed by atoms with E-state index in [4.69, 9.17) is 5.73 Å². The Morgan fingerprint density at radius 2 is 2.05 bits per heavy atom. The molecule has 8 heteroatoms. The fourth-order valence-electron chi connectivity index (χ4n) is 1.39. The summed E-state index contributed by atoms with van der Waals surface area (Å²) in [4.78, 5) is 7.78. The molecule has 3 N–H and O–H groups in total. The van der Waals surface area contributed by atoms with Crippen LogP contribution >= 0.6 is 15.9 Å². The number of nitrogens with zero attached hydrogens (tertiary/aromatic N) is 2. The van der Waals surface area contributed by atoms with Gasteiger partial charge in [0.2, 0.25) is 0 Å². The Balaban J connectivity index is 2.33. The van der Waals surface area contributed by atoms with Gasteiger partial charge in [-0.2, -0.15) is 0 Å². The SMILES string of the molecule is Cc1cc(NS(=O)(=O)c2ccnc(N)c2)ncc1Br. The second-order valence-corrected chi connectivity index (χ2v) is 6.38. The van der Waals surface area contributed by atoms with Crippen LogP contribution in [-0.4, -0.2) is 18.4 Å². The Morgan fingerprint density at radius 1 is 1.32 bits per heavy atom. The van der Waals surface area contributed by atoms with Gasteiger partial charge < -0.3 is 5.73 Å². The summed E-state index contributed by atoms with van der Waals surface area (Å²) in [5.74, 6) is 0.388. The molecule has 0 bridgehead atoms. The average molecular weight is 343 g/mol. The number of hydrogen-bond acceptors (Lipinski definition) is 5. The summed E-state index contributed by atoms with van der Waals surface area (Å²) in [5.41, 5.74) is 6.34. The van der Waals surface area contributed by atoms with Crippen LogP contribution in [0.3, 0.4) is 0 Å². The largest absolute Gasteiger partial charge is 0.384 e. The molecule has 0 amide bonds. The highest BCUT2D eigenvalue weighted by molar-refractivity contribution is 9.10. The van der Waals surface area contributed by atoms with Crippen molar-refractivity contribution in [1.29, 1.82) is 0 Å². The van der Waals surface area contributed by atoms with Gasteiger partial charge in [-0.25, -0.2) is 18.4 Å². The minimum atomic E-state index is -3.71. The van der Waals surface area contributed by atoms with Gasteiger partial charge >= 0.3 is 0 Å². The Kier molecular flexibility index (Phi) is 3.72. The third kappa shape index (κ3) is 3.21. The number of rotatable bonds is 3. The average Bonchev–Trinajstić information content (AvgIpc) is 2.33. The van der Waals surface area contributed by atoms with E-state index in [0.29, 0.717) is 0 Å². The molecule has 0 radical (unpaired) electrons. The lowest BCUT2D eigenvalue weighted by Crippen LogP contribution is -2.14. The third-order valence-electron chi connectivity index (χ3n) is 2.35. The van der Waals surface area contributed by atoms with E-state index < -0.39 is 10.0 Å². The molecule has 0 atom stereocenters. The maximum Gasteiger partial charge on any atom is 0.263 e. The highest BCUT2D eigenvalue weighted by atomic mass is 79.9. The standard InChI is InChI=1S/C11H11BrN4O2S/c1-7-4-11(15-6-9(7)12)16-19(17,18)8-2-3-14-10(13)5-8/h2-6H,1H3,(H2,13,14)(H,15,16). The third-order valence-corrected chi connectivity index (χ3v) is 4.53. The van der Waals surface area contributed by atoms with Gasteiger partial charge in [-0.3, -0.25) is 4.72 Å². The number of aromatic nitrogens is 2. The molecule has 2 heterocycles. The van der Waals surface area contributed by atoms with Crippen LogP contribution in [0.25, 0.3) is 0 Å². The summed E-state index contributed by atoms with van der Waals surface area (Å²) >= 11 is 3.30. The normalized spacial score (nSPS) is 11.3. The zero-order valence-corrected chi connectivity index (χ0v) is 12.4. The second kappa shape index (κ2) is 5.14. The van der Waals surface area contributed by atoms with Crippen LogP contribution in [0.4, 0.5) is 11.6 Å². The predicted molar refractivity (Wildman–Crippen MR) is 76.1 cm³/mol. The lowest BCUT2D eigenvalue weighted by Gasteiger charge is -2.08. The molecule has 0 saturated carbocycles. The molecule has 0 aromatic carbocycles. The minimum absolute atomic E-state index is 0.0439. The van der Waals surface area contributed by atoms with Gasteiger partial charge in [0.1, 0.15) is 11.6 Å². The zero-order valence-electron chi connectivity index (χ0n) is 9.96. The number of nitrogens with one attached hydrogen (secondary N) is 1. The molecule has 0 saturated heterocycles. The van der Waals surface area contributed by atoms with Gasteiger partial charge in [-0.05, 0) is 40.5 Å². The molecule has 19 heavy (non-hydrogen) atoms. The van der Waals surface area contributed by atoms with Crippen LogP contribution < -0.4 is 10.5 Å². The highest BCUT2D eigenvalue weighted by Crippen LogP contribution is 2.20. The lowest BCUT2D eigenvalue weighted by molar-refractivity contribution is 0.601. The number of sulfonamides is 1. The Labute approximate surface area is 119 Å². The van der Waals surface area contributed by atoms with Gasteiger partial charge in [-0.15, -0.1) is 0 Å². The Bertz CT molecular complexity index is 718. The molecule has 0 aliphatic carbocycles. The maximum atomic E-state index is 12.1. The van der Waals surface area contributed by atoms with Crippen molar-refractivity contribution in [2.45, 2.75) is 11.8 Å². The number of pyridine rings is 2. The summed E-state index contributed by atoms with van der Waals surface area (Å²) in [6.45, 7) is 1.84. The number of nitrogens with two attached hydrogens (primary N) is 1. The Hall–Kier alpha value is -1.67. The van der Waals surface area contributed by atoms with Gasteiger partial charge in [0.25, 0.3) is 10.0 Å². The molecule has 100 valence electrons. The first-order chi connectivity index (χ1) is 8.88. The number of halogens is 1. The van der Waals surface area contributed by atoms with Gasteiger partial charge in [0.05, 0.1) is 4.90 Å². The molecular formula is C11H11BrN4O2S. The first kappa shape index (κ1) is 13.8. The van der Waals surface area contributed by atoms with Gasteiger partial charge in [-0.1, -0.05) is 0 Å². The lowest BCUT2D eigenvalue weighted by atomic mass is 10.3. The van der Waals surface area contributed by atoms with E-state index in [1.807, 2.05) is 6.92 Å². The summed E-state index contributed by atoms with van der Waals surface area (Å²) in [5, 5.41) is 0. The molecule has 6 nitrogen and oxygen atoms in total. The van der Waals surface area contributed by atoms with Crippen LogP contribution in [0.2, 0.25) is 0 Å². The number of hydrogen-bond donors (Lipinski definition) is 2. The van der Waals surface area contributed by atoms with E-state index in [-0.39, 0.29) is 16.5 Å². The van der Waals surface area contributed by atoms with Crippen LogP contribution in [-0.2, 0) is 10.0 Å². The zero-order chi connectivity index (χ0) is 14.0. The molecule has 0 spiro atoms. The second-order valence-electron chi connectivity index (χ2n) is 3.84. The first-order valence-corrected chi connectivity index (χ1v) is 7.52. The first-order valence-electron chi connectivity index (χ1n) is 5.25. The van der Waals surface area contributed by atoms with Crippen LogP contribution in [0, 0.1) is 6.92 Å². The van der Waals surface area contributed by atoms with Crippen molar-refractivity contribution in [1.82, 2.24) is 9.97 Å². The molecule has 0 aliphatic heterocycles. The van der Waals surface area contributed by atoms with Crippen molar-refractivity contribution >= 4 is 37.6 Å². The monoisotopic (exact) mass is 342 g/mol. The van der Waals surface area contributed by atoms with E-state index in [1.54, 1.807) is 6.07 Å². The summed E-state index contributed by atoms with van der Waals surface area (Å²) in [6, 6.07) is 4.28. The number of aryl methyl sites for hydroxylation is 1. The fourth-order valence-corrected chi connectivity index (χ4v) is 2.62. The molecule has 2 rings (SSSR count). The van der Waals surface area contributed by atoms with Gasteiger partial charge in [0.15, 0.2) is 0 Å². The van der Waals surface area contributed by atoms with Crippen LogP contribution in [0.1, 0.15) is 5.56 Å². The van der Waals surface area contributed by atoms with Crippen molar-refractivity contribution in [3.8, 4) is 0 Å². The van der Waals surface area contributed by atoms with Crippen molar-refractivity contribution in [3.63, 3.8) is 0 Å². The van der Waals surface area contributed by atoms with Crippen molar-refractivity contribution in [2.75, 3.05) is 10.5 Å². The molecule has 0 aliphatic rings. The van der Waals surface area contributed by atoms with Crippen molar-refractivity contribution in [2.24, 2.45) is 0 Å². The fraction of sp³-hybridized carbons (Fsp3) is 0.0909. The smallest absolute Gasteiger partial charge is 0.263 e. The molecule has 0 fully saturated rings. The molecule has 0 unspecified atom stereocenters. The highest BCUT2D eigenvalue weighted by Gasteiger charge is 2.15. The van der Waals surface area contributed by atoms with E-state index in [9.17, 15) is 8.42 Å². The van der Waals surface area contributed by atoms with E-state index in [1.165, 1.54) is 24.5 Å². The van der Waals surface area contributed by atoms with Crippen molar-refractivity contribution in [3.05, 3.63) is 40.6 Å². The quantitative estimate of drug-likeness (QED) is 0.887. The van der Waals surface area contributed by atoms with Crippen LogP contribution in [0.5, 0.6) is 0 Å². The van der Waals surface area contributed by atoms with Crippen LogP contribution in [0.15, 0.2) is 40.0 Å². The van der Waals surface area contributed by atoms with Crippen molar-refractivity contribution < 1.29 is 8.42 Å². The van der Waals surface area contributed by atoms with E-state index in [0.717, 1.165) is 10.0 Å². The van der Waals surface area contributed by atoms with E-state index >= 15 is 0 Å². The minimum Gasteiger partial charge on any atom is -0.384 e. The molecule has 2 aromatic rings. The van der Waals surface area contributed by atoms with Gasteiger partial charge in [0, 0.05) is 22.9 Å². The maximum absolute atomic E-state index is 12.1. The number of anilines is 2. The summed E-state index contributed by atoms with van der Waals surface area (Å²) < 4.78 is 27.4. The molecule has 2 aromatic heterocycles. The summed E-state index contributed by atoms with van der Waals surface area (Å²) in [6.07, 6.45) is 2.87. The topological polar surface area (TPSA) is 98.0 Å². The molecular weight excluding hydrogens is 332 g/mol. The number of nitrogen functional groups attached to an aromatic ring is 1. The predicted octanol–water partition coefficient (Wildman–Crippen LogP) is 1.93. The van der Waals surface area contributed by atoms with E-state index in [2.05, 4.69) is 30.6 Å². The summed E-state index contributed by atoms with van der Waals surface area (Å²) in [7, 11) is -3.71. The Morgan fingerprint density at radius 3 is 2.68 bits per heavy atom.